The Kier molecular flexibility index (Phi) is 5.24. The highest BCUT2D eigenvalue weighted by atomic mass is 32.2. The summed E-state index contributed by atoms with van der Waals surface area (Å²) in [6.45, 7) is 5.91. The molecule has 1 N–H and O–H groups in total. The summed E-state index contributed by atoms with van der Waals surface area (Å²) in [5.41, 5.74) is 1.63. The van der Waals surface area contributed by atoms with E-state index in [-0.39, 0.29) is 10.5 Å². The lowest BCUT2D eigenvalue weighted by Crippen LogP contribution is -2.21. The third-order valence-corrected chi connectivity index (χ3v) is 4.98. The second kappa shape index (κ2) is 7.16. The first-order valence-corrected chi connectivity index (χ1v) is 8.87. The first kappa shape index (κ1) is 16.8. The molecule has 2 aromatic carbocycles. The van der Waals surface area contributed by atoms with Crippen LogP contribution in [0.1, 0.15) is 19.4 Å². The van der Waals surface area contributed by atoms with Crippen LogP contribution < -0.4 is 9.62 Å². The summed E-state index contributed by atoms with van der Waals surface area (Å²) in [5, 5.41) is 9.05. The minimum atomic E-state index is -3.79. The predicted molar refractivity (Wildman–Crippen MR) is 92.0 cm³/mol. The molecule has 0 aromatic heterocycles. The Balaban J connectivity index is 2.26. The lowest BCUT2D eigenvalue weighted by molar-refractivity contribution is 0.601. The Labute approximate surface area is 137 Å². The van der Waals surface area contributed by atoms with Crippen molar-refractivity contribution in [1.29, 1.82) is 5.26 Å². The summed E-state index contributed by atoms with van der Waals surface area (Å²) in [4.78, 5) is 2.15. The largest absolute Gasteiger partial charge is 0.372 e. The van der Waals surface area contributed by atoms with Crippen LogP contribution >= 0.6 is 0 Å². The standard InChI is InChI=1S/C17H19N3O2S/c1-3-20(4-2)16-11-9-15(10-12-16)19-23(21,22)17-8-6-5-7-14(17)13-18/h5-12,19H,3-4H2,1-2H3. The van der Waals surface area contributed by atoms with E-state index in [1.54, 1.807) is 24.3 Å². The molecular weight excluding hydrogens is 310 g/mol. The maximum atomic E-state index is 12.4. The van der Waals surface area contributed by atoms with Crippen LogP contribution in [0.3, 0.4) is 0 Å². The van der Waals surface area contributed by atoms with E-state index in [2.05, 4.69) is 23.5 Å². The second-order valence-electron chi connectivity index (χ2n) is 4.93. The van der Waals surface area contributed by atoms with Crippen LogP contribution in [0.5, 0.6) is 0 Å². The summed E-state index contributed by atoms with van der Waals surface area (Å²) in [6, 6.07) is 15.2. The SMILES string of the molecule is CCN(CC)c1ccc(NS(=O)(=O)c2ccccc2C#N)cc1. The Morgan fingerprint density at radius 1 is 1.04 bits per heavy atom. The van der Waals surface area contributed by atoms with Crippen molar-refractivity contribution in [1.82, 2.24) is 0 Å². The van der Waals surface area contributed by atoms with Crippen molar-refractivity contribution in [3.63, 3.8) is 0 Å². The summed E-state index contributed by atoms with van der Waals surface area (Å²) < 4.78 is 27.4. The molecule has 2 aromatic rings. The molecule has 0 radical (unpaired) electrons. The fraction of sp³-hybridized carbons (Fsp3) is 0.235. The monoisotopic (exact) mass is 329 g/mol. The number of nitriles is 1. The molecule has 0 unspecified atom stereocenters. The zero-order valence-corrected chi connectivity index (χ0v) is 14.0. The maximum Gasteiger partial charge on any atom is 0.263 e. The molecule has 23 heavy (non-hydrogen) atoms. The van der Waals surface area contributed by atoms with Crippen LogP contribution in [0, 0.1) is 11.3 Å². The van der Waals surface area contributed by atoms with Gasteiger partial charge in [0.15, 0.2) is 0 Å². The topological polar surface area (TPSA) is 73.2 Å². The minimum Gasteiger partial charge on any atom is -0.372 e. The molecule has 0 bridgehead atoms. The van der Waals surface area contributed by atoms with Crippen LogP contribution in [-0.4, -0.2) is 21.5 Å². The number of nitrogens with one attached hydrogen (secondary N) is 1. The average Bonchev–Trinajstić information content (AvgIpc) is 2.57. The van der Waals surface area contributed by atoms with Gasteiger partial charge in [-0.25, -0.2) is 8.42 Å². The van der Waals surface area contributed by atoms with Crippen LogP contribution in [0.25, 0.3) is 0 Å². The summed E-state index contributed by atoms with van der Waals surface area (Å²) in [6.07, 6.45) is 0. The minimum absolute atomic E-state index is 0.0182. The molecule has 6 heteroatoms. The molecule has 0 aliphatic carbocycles. The lowest BCUT2D eigenvalue weighted by atomic mass is 10.2. The number of hydrogen-bond acceptors (Lipinski definition) is 4. The van der Waals surface area contributed by atoms with Crippen LogP contribution in [0.15, 0.2) is 53.4 Å². The molecule has 0 aliphatic heterocycles. The summed E-state index contributed by atoms with van der Waals surface area (Å²) in [5.74, 6) is 0. The van der Waals surface area contributed by atoms with E-state index < -0.39 is 10.0 Å². The van der Waals surface area contributed by atoms with E-state index in [1.807, 2.05) is 18.2 Å². The van der Waals surface area contributed by atoms with Crippen molar-refractivity contribution in [2.24, 2.45) is 0 Å². The summed E-state index contributed by atoms with van der Waals surface area (Å²) in [7, 11) is -3.79. The summed E-state index contributed by atoms with van der Waals surface area (Å²) >= 11 is 0. The molecule has 0 saturated carbocycles. The average molecular weight is 329 g/mol. The highest BCUT2D eigenvalue weighted by Crippen LogP contribution is 2.22. The molecule has 0 saturated heterocycles. The van der Waals surface area contributed by atoms with Gasteiger partial charge in [0.1, 0.15) is 11.0 Å². The van der Waals surface area contributed by atoms with Crippen molar-refractivity contribution >= 4 is 21.4 Å². The molecule has 120 valence electrons. The van der Waals surface area contributed by atoms with Crippen molar-refractivity contribution in [3.8, 4) is 6.07 Å². The van der Waals surface area contributed by atoms with E-state index in [9.17, 15) is 8.42 Å². The molecule has 5 nitrogen and oxygen atoms in total. The highest BCUT2D eigenvalue weighted by molar-refractivity contribution is 7.92. The van der Waals surface area contributed by atoms with Crippen molar-refractivity contribution < 1.29 is 8.42 Å². The lowest BCUT2D eigenvalue weighted by Gasteiger charge is -2.21. The highest BCUT2D eigenvalue weighted by Gasteiger charge is 2.18. The molecule has 0 amide bonds. The van der Waals surface area contributed by atoms with Crippen molar-refractivity contribution in [2.45, 2.75) is 18.7 Å². The first-order chi connectivity index (χ1) is 11.0. The molecule has 2 rings (SSSR count). The smallest absolute Gasteiger partial charge is 0.263 e. The number of anilines is 2. The van der Waals surface area contributed by atoms with E-state index in [0.29, 0.717) is 5.69 Å². The van der Waals surface area contributed by atoms with Crippen molar-refractivity contribution in [3.05, 3.63) is 54.1 Å². The molecule has 0 fully saturated rings. The predicted octanol–water partition coefficient (Wildman–Crippen LogP) is 3.21. The second-order valence-corrected chi connectivity index (χ2v) is 6.58. The quantitative estimate of drug-likeness (QED) is 0.883. The van der Waals surface area contributed by atoms with Gasteiger partial charge in [0, 0.05) is 24.5 Å². The van der Waals surface area contributed by atoms with Crippen molar-refractivity contribution in [2.75, 3.05) is 22.7 Å². The van der Waals surface area contributed by atoms with Gasteiger partial charge >= 0.3 is 0 Å². The van der Waals surface area contributed by atoms with E-state index in [4.69, 9.17) is 5.26 Å². The van der Waals surface area contributed by atoms with Crippen LogP contribution in [0.4, 0.5) is 11.4 Å². The Morgan fingerprint density at radius 2 is 1.65 bits per heavy atom. The zero-order chi connectivity index (χ0) is 16.9. The molecule has 0 atom stereocenters. The number of benzene rings is 2. The van der Waals surface area contributed by atoms with Gasteiger partial charge in [-0.1, -0.05) is 12.1 Å². The Hall–Kier alpha value is -2.52. The van der Waals surface area contributed by atoms with Gasteiger partial charge in [-0.15, -0.1) is 0 Å². The molecular formula is C17H19N3O2S. The van der Waals surface area contributed by atoms with E-state index in [1.165, 1.54) is 12.1 Å². The van der Waals surface area contributed by atoms with Gasteiger partial charge in [0.2, 0.25) is 0 Å². The zero-order valence-electron chi connectivity index (χ0n) is 13.2. The molecule has 0 heterocycles. The van der Waals surface area contributed by atoms with Gasteiger partial charge in [0.05, 0.1) is 5.56 Å². The van der Waals surface area contributed by atoms with E-state index in [0.717, 1.165) is 18.8 Å². The fourth-order valence-corrected chi connectivity index (χ4v) is 3.55. The number of rotatable bonds is 6. The molecule has 0 aliphatic rings. The Morgan fingerprint density at radius 3 is 2.22 bits per heavy atom. The normalized spacial score (nSPS) is 10.8. The maximum absolute atomic E-state index is 12.4. The van der Waals surface area contributed by atoms with Crippen LogP contribution in [0.2, 0.25) is 0 Å². The fourth-order valence-electron chi connectivity index (χ4n) is 2.33. The van der Waals surface area contributed by atoms with Gasteiger partial charge in [0.25, 0.3) is 10.0 Å². The number of sulfonamides is 1. The van der Waals surface area contributed by atoms with Gasteiger partial charge in [-0.3, -0.25) is 4.72 Å². The first-order valence-electron chi connectivity index (χ1n) is 7.38. The van der Waals surface area contributed by atoms with Gasteiger partial charge < -0.3 is 4.90 Å². The number of hydrogen-bond donors (Lipinski definition) is 1. The third-order valence-electron chi connectivity index (χ3n) is 3.55. The van der Waals surface area contributed by atoms with Crippen LogP contribution in [-0.2, 0) is 10.0 Å². The van der Waals surface area contributed by atoms with E-state index >= 15 is 0 Å². The number of nitrogens with zero attached hydrogens (tertiary/aromatic N) is 2. The van der Waals surface area contributed by atoms with Gasteiger partial charge in [-0.2, -0.15) is 5.26 Å². The van der Waals surface area contributed by atoms with Gasteiger partial charge in [-0.05, 0) is 50.2 Å². The Bertz CT molecular complexity index is 804. The third kappa shape index (κ3) is 3.82. The molecule has 0 spiro atoms.